The number of benzene rings is 1. The molecule has 0 bridgehead atoms. The van der Waals surface area contributed by atoms with Gasteiger partial charge in [0.2, 0.25) is 0 Å². The van der Waals surface area contributed by atoms with Crippen LogP contribution < -0.4 is 10.6 Å². The third-order valence-electron chi connectivity index (χ3n) is 6.05. The van der Waals surface area contributed by atoms with Crippen molar-refractivity contribution in [1.29, 1.82) is 0 Å². The quantitative estimate of drug-likeness (QED) is 0.245. The van der Waals surface area contributed by atoms with Crippen molar-refractivity contribution in [3.8, 4) is 0 Å². The topological polar surface area (TPSA) is 42.9 Å². The van der Waals surface area contributed by atoms with Gasteiger partial charge in [-0.25, -0.2) is 0 Å². The molecule has 0 spiro atoms. The van der Waals surface area contributed by atoms with Crippen molar-refractivity contribution in [2.24, 2.45) is 4.99 Å². The van der Waals surface area contributed by atoms with Gasteiger partial charge in [-0.3, -0.25) is 9.89 Å². The van der Waals surface area contributed by atoms with Crippen LogP contribution in [0.4, 0.5) is 0 Å². The second-order valence-corrected chi connectivity index (χ2v) is 8.46. The van der Waals surface area contributed by atoms with Crippen molar-refractivity contribution in [2.75, 3.05) is 46.8 Å². The van der Waals surface area contributed by atoms with Crippen molar-refractivity contribution in [3.63, 3.8) is 0 Å². The largest absolute Gasteiger partial charge is 0.356 e. The second kappa shape index (κ2) is 14.0. The third-order valence-corrected chi connectivity index (χ3v) is 6.05. The first kappa shape index (κ1) is 25.1. The number of nitrogens with one attached hydrogen (secondary N) is 2. The summed E-state index contributed by atoms with van der Waals surface area (Å²) >= 11 is 0. The molecule has 0 unspecified atom stereocenters. The number of nitrogens with zero attached hydrogens (tertiary/aromatic N) is 3. The predicted molar refractivity (Wildman–Crippen MR) is 139 cm³/mol. The Morgan fingerprint density at radius 2 is 1.77 bits per heavy atom. The molecule has 0 aromatic heterocycles. The van der Waals surface area contributed by atoms with Gasteiger partial charge in [-0.2, -0.15) is 0 Å². The summed E-state index contributed by atoms with van der Waals surface area (Å²) in [6, 6.07) is 9.04. The molecule has 0 atom stereocenters. The van der Waals surface area contributed by atoms with Crippen LogP contribution in [0.5, 0.6) is 0 Å². The summed E-state index contributed by atoms with van der Waals surface area (Å²) in [4.78, 5) is 9.37. The smallest absolute Gasteiger partial charge is 0.191 e. The van der Waals surface area contributed by atoms with E-state index in [0.717, 1.165) is 32.0 Å². The lowest BCUT2D eigenvalue weighted by Crippen LogP contribution is -2.37. The van der Waals surface area contributed by atoms with Crippen LogP contribution >= 0.6 is 24.0 Å². The van der Waals surface area contributed by atoms with Crippen LogP contribution in [0.15, 0.2) is 40.9 Å². The van der Waals surface area contributed by atoms with Crippen LogP contribution in [0, 0.1) is 0 Å². The van der Waals surface area contributed by atoms with Crippen molar-refractivity contribution < 1.29 is 0 Å². The van der Waals surface area contributed by atoms with Crippen LogP contribution in [-0.4, -0.2) is 62.6 Å². The van der Waals surface area contributed by atoms with Crippen LogP contribution in [-0.2, 0) is 13.1 Å². The molecule has 1 aliphatic heterocycles. The maximum absolute atomic E-state index is 4.36. The third kappa shape index (κ3) is 8.94. The lowest BCUT2D eigenvalue weighted by molar-refractivity contribution is 0.269. The highest BCUT2D eigenvalue weighted by molar-refractivity contribution is 14.0. The van der Waals surface area contributed by atoms with E-state index in [0.29, 0.717) is 0 Å². The number of guanidine groups is 1. The Labute approximate surface area is 200 Å². The molecule has 0 saturated carbocycles. The number of halogens is 1. The first-order valence-electron chi connectivity index (χ1n) is 11.3. The SMILES string of the molecule is CN=C(NCCC1=CCCCC1)NCc1ccc(CN2CCCN(C)CC2)cc1.I. The first-order chi connectivity index (χ1) is 14.2. The summed E-state index contributed by atoms with van der Waals surface area (Å²) in [7, 11) is 4.07. The Hall–Kier alpha value is -1.12. The van der Waals surface area contributed by atoms with Gasteiger partial charge >= 0.3 is 0 Å². The molecule has 0 amide bonds. The highest BCUT2D eigenvalue weighted by Crippen LogP contribution is 2.19. The minimum absolute atomic E-state index is 0. The van der Waals surface area contributed by atoms with E-state index in [1.165, 1.54) is 69.4 Å². The van der Waals surface area contributed by atoms with Gasteiger partial charge in [0, 0.05) is 39.8 Å². The molecular formula is C24H40IN5. The van der Waals surface area contributed by atoms with Gasteiger partial charge in [-0.05, 0) is 69.8 Å². The molecule has 2 aliphatic rings. The van der Waals surface area contributed by atoms with Crippen LogP contribution in [0.1, 0.15) is 49.7 Å². The molecule has 1 saturated heterocycles. The van der Waals surface area contributed by atoms with Crippen molar-refractivity contribution in [3.05, 3.63) is 47.0 Å². The van der Waals surface area contributed by atoms with Gasteiger partial charge in [0.15, 0.2) is 5.96 Å². The number of rotatable bonds is 7. The van der Waals surface area contributed by atoms with E-state index >= 15 is 0 Å². The maximum Gasteiger partial charge on any atom is 0.191 e. The number of likely N-dealkylation sites (N-methyl/N-ethyl adjacent to an activating group) is 1. The van der Waals surface area contributed by atoms with Gasteiger partial charge in [-0.15, -0.1) is 24.0 Å². The Morgan fingerprint density at radius 3 is 2.50 bits per heavy atom. The van der Waals surface area contributed by atoms with Crippen LogP contribution in [0.3, 0.4) is 0 Å². The highest BCUT2D eigenvalue weighted by Gasteiger charge is 2.12. The molecule has 30 heavy (non-hydrogen) atoms. The van der Waals surface area contributed by atoms with Crippen molar-refractivity contribution >= 4 is 29.9 Å². The molecule has 0 radical (unpaired) electrons. The van der Waals surface area contributed by atoms with Crippen molar-refractivity contribution in [1.82, 2.24) is 20.4 Å². The van der Waals surface area contributed by atoms with Gasteiger partial charge in [0.25, 0.3) is 0 Å². The van der Waals surface area contributed by atoms with E-state index < -0.39 is 0 Å². The summed E-state index contributed by atoms with van der Waals surface area (Å²) in [5.74, 6) is 0.888. The summed E-state index contributed by atoms with van der Waals surface area (Å²) in [6.45, 7) is 7.57. The van der Waals surface area contributed by atoms with Crippen molar-refractivity contribution in [2.45, 2.75) is 51.6 Å². The monoisotopic (exact) mass is 525 g/mol. The van der Waals surface area contributed by atoms with Crippen LogP contribution in [0.25, 0.3) is 0 Å². The standard InChI is InChI=1S/C24H39N5.HI/c1-25-24(26-14-13-21-7-4-3-5-8-21)27-19-22-9-11-23(12-10-22)20-29-16-6-15-28(2)17-18-29;/h7,9-12H,3-6,8,13-20H2,1-2H3,(H2,25,26,27);1H. The number of hydrogen-bond donors (Lipinski definition) is 2. The van der Waals surface area contributed by atoms with Crippen LogP contribution in [0.2, 0.25) is 0 Å². The van der Waals surface area contributed by atoms with E-state index in [9.17, 15) is 0 Å². The molecule has 1 aromatic carbocycles. The predicted octanol–water partition coefficient (Wildman–Crippen LogP) is 4.00. The zero-order chi connectivity index (χ0) is 20.3. The van der Waals surface area contributed by atoms with Gasteiger partial charge in [-0.1, -0.05) is 35.9 Å². The number of hydrogen-bond acceptors (Lipinski definition) is 3. The lowest BCUT2D eigenvalue weighted by Gasteiger charge is -2.20. The van der Waals surface area contributed by atoms with E-state index in [2.05, 4.69) is 62.8 Å². The molecule has 3 rings (SSSR count). The highest BCUT2D eigenvalue weighted by atomic mass is 127. The normalized spacial score (nSPS) is 18.9. The zero-order valence-electron chi connectivity index (χ0n) is 18.8. The average Bonchev–Trinajstić information content (AvgIpc) is 2.96. The minimum atomic E-state index is 0. The Kier molecular flexibility index (Phi) is 11.8. The molecular weight excluding hydrogens is 485 g/mol. The van der Waals surface area contributed by atoms with E-state index in [1.54, 1.807) is 5.57 Å². The Balaban J connectivity index is 0.00000320. The fraction of sp³-hybridized carbons (Fsp3) is 0.625. The molecule has 5 nitrogen and oxygen atoms in total. The molecule has 2 N–H and O–H groups in total. The maximum atomic E-state index is 4.36. The first-order valence-corrected chi connectivity index (χ1v) is 11.3. The molecule has 1 aliphatic carbocycles. The summed E-state index contributed by atoms with van der Waals surface area (Å²) in [5.41, 5.74) is 4.30. The van der Waals surface area contributed by atoms with Gasteiger partial charge in [0.1, 0.15) is 0 Å². The minimum Gasteiger partial charge on any atom is -0.356 e. The fourth-order valence-electron chi connectivity index (χ4n) is 4.16. The average molecular weight is 526 g/mol. The summed E-state index contributed by atoms with van der Waals surface area (Å²) in [5, 5.41) is 6.89. The number of allylic oxidation sites excluding steroid dienone is 1. The van der Waals surface area contributed by atoms with E-state index in [-0.39, 0.29) is 24.0 Å². The summed E-state index contributed by atoms with van der Waals surface area (Å²) < 4.78 is 0. The lowest BCUT2D eigenvalue weighted by atomic mass is 9.97. The molecule has 6 heteroatoms. The number of aliphatic imine (C=N–C) groups is 1. The van der Waals surface area contributed by atoms with E-state index in [4.69, 9.17) is 0 Å². The summed E-state index contributed by atoms with van der Waals surface area (Å²) in [6.07, 6.45) is 10.1. The van der Waals surface area contributed by atoms with Gasteiger partial charge < -0.3 is 15.5 Å². The Morgan fingerprint density at radius 1 is 0.967 bits per heavy atom. The molecule has 1 heterocycles. The second-order valence-electron chi connectivity index (χ2n) is 8.46. The molecule has 168 valence electrons. The zero-order valence-corrected chi connectivity index (χ0v) is 21.2. The Bertz CT molecular complexity index is 671. The van der Waals surface area contributed by atoms with Gasteiger partial charge in [0.05, 0.1) is 0 Å². The molecule has 1 fully saturated rings. The van der Waals surface area contributed by atoms with E-state index in [1.807, 2.05) is 7.05 Å². The fourth-order valence-corrected chi connectivity index (χ4v) is 4.16. The molecule has 1 aromatic rings.